The average Bonchev–Trinajstić information content (AvgIpc) is 3.22. The van der Waals surface area contributed by atoms with Crippen LogP contribution in [0.3, 0.4) is 0 Å². The van der Waals surface area contributed by atoms with E-state index in [4.69, 9.17) is 0 Å². The molecule has 5 rings (SSSR count). The van der Waals surface area contributed by atoms with Crippen molar-refractivity contribution >= 4 is 44.6 Å². The summed E-state index contributed by atoms with van der Waals surface area (Å²) in [6.07, 6.45) is 7.57. The topological polar surface area (TPSA) is 55.4 Å². The highest BCUT2D eigenvalue weighted by atomic mass is 79.9. The van der Waals surface area contributed by atoms with Gasteiger partial charge in [-0.1, -0.05) is 58.4 Å². The van der Waals surface area contributed by atoms with Gasteiger partial charge in [0, 0.05) is 24.1 Å². The van der Waals surface area contributed by atoms with Crippen molar-refractivity contribution in [2.45, 2.75) is 25.8 Å². The van der Waals surface area contributed by atoms with Crippen LogP contribution in [0.25, 0.3) is 22.8 Å². The molecular weight excluding hydrogens is 442 g/mol. The second kappa shape index (κ2) is 8.07. The lowest BCUT2D eigenvalue weighted by atomic mass is 10.1. The van der Waals surface area contributed by atoms with E-state index in [1.165, 1.54) is 6.42 Å². The zero-order chi connectivity index (χ0) is 20.5. The Morgan fingerprint density at radius 2 is 1.80 bits per heavy atom. The molecule has 0 amide bonds. The molecule has 0 unspecified atom stereocenters. The maximum atomic E-state index is 13.3. The molecule has 1 aliphatic heterocycles. The molecule has 0 aliphatic carbocycles. The number of anilines is 1. The minimum Gasteiger partial charge on any atom is -0.341 e. The third-order valence-corrected chi connectivity index (χ3v) is 6.08. The minimum atomic E-state index is -0.0610. The van der Waals surface area contributed by atoms with Crippen LogP contribution < -0.4 is 10.5 Å². The summed E-state index contributed by atoms with van der Waals surface area (Å²) in [6, 6.07) is 15.9. The standard InChI is InChI=1S/C23H22BrN5O/c24-18-11-12-20-19(16-18)21(30)28(15-7-10-17-8-3-1-4-9-17)23-26-25-22(29(20)23)27-13-5-2-6-14-27/h1,3-4,7-12,16H,2,5-6,13-15H2. The van der Waals surface area contributed by atoms with Crippen LogP contribution in [-0.4, -0.2) is 32.3 Å². The van der Waals surface area contributed by atoms with E-state index in [1.807, 2.05) is 65.1 Å². The second-order valence-electron chi connectivity index (χ2n) is 7.57. The van der Waals surface area contributed by atoms with Gasteiger partial charge in [0.05, 0.1) is 10.9 Å². The summed E-state index contributed by atoms with van der Waals surface area (Å²) in [5.41, 5.74) is 1.88. The van der Waals surface area contributed by atoms with Gasteiger partial charge in [0.15, 0.2) is 0 Å². The number of fused-ring (bicyclic) bond motifs is 3. The molecular formula is C23H22BrN5O. The van der Waals surface area contributed by atoms with Gasteiger partial charge >= 0.3 is 0 Å². The smallest absolute Gasteiger partial charge is 0.263 e. The van der Waals surface area contributed by atoms with Crippen LogP contribution >= 0.6 is 15.9 Å². The van der Waals surface area contributed by atoms with Gasteiger partial charge < -0.3 is 4.90 Å². The Morgan fingerprint density at radius 3 is 2.60 bits per heavy atom. The highest BCUT2D eigenvalue weighted by Crippen LogP contribution is 2.24. The first-order chi connectivity index (χ1) is 14.7. The van der Waals surface area contributed by atoms with Crippen molar-refractivity contribution in [3.05, 3.63) is 75.0 Å². The lowest BCUT2D eigenvalue weighted by molar-refractivity contribution is 0.567. The summed E-state index contributed by atoms with van der Waals surface area (Å²) < 4.78 is 4.62. The van der Waals surface area contributed by atoms with E-state index in [0.717, 1.165) is 47.4 Å². The monoisotopic (exact) mass is 463 g/mol. The third-order valence-electron chi connectivity index (χ3n) is 5.58. The predicted octanol–water partition coefficient (Wildman–Crippen LogP) is 4.51. The first-order valence-corrected chi connectivity index (χ1v) is 11.1. The summed E-state index contributed by atoms with van der Waals surface area (Å²) >= 11 is 3.51. The Balaban J connectivity index is 1.67. The highest BCUT2D eigenvalue weighted by Gasteiger charge is 2.21. The molecule has 0 bridgehead atoms. The van der Waals surface area contributed by atoms with Crippen LogP contribution in [0.5, 0.6) is 0 Å². The molecule has 4 aromatic rings. The molecule has 0 N–H and O–H groups in total. The maximum Gasteiger partial charge on any atom is 0.263 e. The normalized spacial score (nSPS) is 14.9. The fourth-order valence-corrected chi connectivity index (χ4v) is 4.45. The van der Waals surface area contributed by atoms with Crippen LogP contribution in [0.15, 0.2) is 63.9 Å². The van der Waals surface area contributed by atoms with E-state index in [-0.39, 0.29) is 5.56 Å². The number of benzene rings is 2. The number of halogens is 1. The molecule has 2 aromatic heterocycles. The number of nitrogens with zero attached hydrogens (tertiary/aromatic N) is 5. The van der Waals surface area contributed by atoms with Crippen LogP contribution in [0.1, 0.15) is 24.8 Å². The summed E-state index contributed by atoms with van der Waals surface area (Å²) in [5.74, 6) is 1.39. The molecule has 0 spiro atoms. The van der Waals surface area contributed by atoms with E-state index in [2.05, 4.69) is 31.0 Å². The molecule has 0 saturated carbocycles. The molecule has 152 valence electrons. The molecule has 1 aliphatic rings. The Bertz CT molecular complexity index is 1290. The summed E-state index contributed by atoms with van der Waals surface area (Å²) in [5, 5.41) is 9.60. The summed E-state index contributed by atoms with van der Waals surface area (Å²) in [7, 11) is 0. The Morgan fingerprint density at radius 1 is 1.00 bits per heavy atom. The largest absolute Gasteiger partial charge is 0.341 e. The van der Waals surface area contributed by atoms with E-state index in [1.54, 1.807) is 4.57 Å². The number of rotatable bonds is 4. The van der Waals surface area contributed by atoms with Crippen LogP contribution in [0.2, 0.25) is 0 Å². The number of aromatic nitrogens is 4. The fraction of sp³-hybridized carbons (Fsp3) is 0.261. The van der Waals surface area contributed by atoms with Crippen molar-refractivity contribution in [3.63, 3.8) is 0 Å². The van der Waals surface area contributed by atoms with Crippen LogP contribution in [0, 0.1) is 0 Å². The SMILES string of the molecule is O=c1c2cc(Br)ccc2n2c(N3CCCCC3)nnc2n1CC=Cc1ccccc1. The van der Waals surface area contributed by atoms with Gasteiger partial charge in [-0.15, -0.1) is 10.2 Å². The van der Waals surface area contributed by atoms with E-state index in [0.29, 0.717) is 17.7 Å². The van der Waals surface area contributed by atoms with Gasteiger partial charge in [-0.25, -0.2) is 4.40 Å². The zero-order valence-electron chi connectivity index (χ0n) is 16.5. The van der Waals surface area contributed by atoms with Crippen LogP contribution in [0.4, 0.5) is 5.95 Å². The van der Waals surface area contributed by atoms with Gasteiger partial charge in [0.25, 0.3) is 5.56 Å². The molecule has 2 aromatic carbocycles. The predicted molar refractivity (Wildman–Crippen MR) is 124 cm³/mol. The van der Waals surface area contributed by atoms with Crippen molar-refractivity contribution in [3.8, 4) is 0 Å². The Hall–Kier alpha value is -2.93. The molecule has 7 heteroatoms. The summed E-state index contributed by atoms with van der Waals surface area (Å²) in [6.45, 7) is 2.36. The second-order valence-corrected chi connectivity index (χ2v) is 8.49. The van der Waals surface area contributed by atoms with Crippen molar-refractivity contribution < 1.29 is 0 Å². The number of hydrogen-bond acceptors (Lipinski definition) is 4. The van der Waals surface area contributed by atoms with E-state index >= 15 is 0 Å². The minimum absolute atomic E-state index is 0.0610. The third kappa shape index (κ3) is 3.43. The van der Waals surface area contributed by atoms with Gasteiger partial charge in [-0.3, -0.25) is 9.36 Å². The van der Waals surface area contributed by atoms with Gasteiger partial charge in [0.1, 0.15) is 0 Å². The molecule has 3 heterocycles. The molecule has 0 atom stereocenters. The summed E-state index contributed by atoms with van der Waals surface area (Å²) in [4.78, 5) is 15.6. The lowest BCUT2D eigenvalue weighted by Crippen LogP contribution is -2.31. The van der Waals surface area contributed by atoms with Gasteiger partial charge in [-0.2, -0.15) is 0 Å². The molecule has 1 fully saturated rings. The van der Waals surface area contributed by atoms with E-state index in [9.17, 15) is 4.79 Å². The first-order valence-electron chi connectivity index (χ1n) is 10.3. The van der Waals surface area contributed by atoms with E-state index < -0.39 is 0 Å². The van der Waals surface area contributed by atoms with Crippen LogP contribution in [-0.2, 0) is 6.54 Å². The zero-order valence-corrected chi connectivity index (χ0v) is 18.1. The fourth-order valence-electron chi connectivity index (χ4n) is 4.09. The number of hydrogen-bond donors (Lipinski definition) is 0. The van der Waals surface area contributed by atoms with Crippen molar-refractivity contribution in [2.75, 3.05) is 18.0 Å². The Kier molecular flexibility index (Phi) is 5.12. The maximum absolute atomic E-state index is 13.3. The molecule has 30 heavy (non-hydrogen) atoms. The molecule has 6 nitrogen and oxygen atoms in total. The quantitative estimate of drug-likeness (QED) is 0.446. The number of piperidine rings is 1. The molecule has 1 saturated heterocycles. The van der Waals surface area contributed by atoms with Gasteiger partial charge in [0.2, 0.25) is 11.7 Å². The number of allylic oxidation sites excluding steroid dienone is 1. The Labute approximate surface area is 182 Å². The molecule has 0 radical (unpaired) electrons. The van der Waals surface area contributed by atoms with Crippen molar-refractivity contribution in [1.29, 1.82) is 0 Å². The van der Waals surface area contributed by atoms with Crippen molar-refractivity contribution in [1.82, 2.24) is 19.2 Å². The highest BCUT2D eigenvalue weighted by molar-refractivity contribution is 9.10. The lowest BCUT2D eigenvalue weighted by Gasteiger charge is -2.26. The first kappa shape index (κ1) is 19.1. The van der Waals surface area contributed by atoms with Crippen molar-refractivity contribution in [2.24, 2.45) is 0 Å². The van der Waals surface area contributed by atoms with Gasteiger partial charge in [-0.05, 0) is 43.0 Å². The average molecular weight is 464 g/mol.